The molecule has 0 unspecified atom stereocenters. The molecule has 0 fully saturated rings. The van der Waals surface area contributed by atoms with Gasteiger partial charge in [-0.2, -0.15) is 0 Å². The third-order valence-electron chi connectivity index (χ3n) is 4.64. The first-order valence-corrected chi connectivity index (χ1v) is 9.41. The highest BCUT2D eigenvalue weighted by Gasteiger charge is 2.30. The maximum Gasteiger partial charge on any atom is 0.335 e. The quantitative estimate of drug-likeness (QED) is 0.606. The minimum atomic E-state index is -1.14. The second-order valence-electron chi connectivity index (χ2n) is 6.85. The number of aromatic carboxylic acids is 1. The summed E-state index contributed by atoms with van der Waals surface area (Å²) in [4.78, 5) is 50.7. The van der Waals surface area contributed by atoms with Crippen LogP contribution in [0.3, 0.4) is 0 Å². The molecular formula is C23H18FN3O5. The zero-order chi connectivity index (χ0) is 23.3. The lowest BCUT2D eigenvalue weighted by atomic mass is 9.97. The molecule has 2 aromatic carbocycles. The molecular weight excluding hydrogens is 417 g/mol. The molecule has 1 aliphatic heterocycles. The van der Waals surface area contributed by atoms with Crippen LogP contribution < -0.4 is 10.6 Å². The molecule has 0 spiro atoms. The van der Waals surface area contributed by atoms with Crippen molar-refractivity contribution in [1.82, 2.24) is 4.98 Å². The number of hydrogen-bond donors (Lipinski definition) is 2. The number of Topliss-reactive ketones (excluding diaryl/α,β-unsaturated/α-hetero) is 1. The number of carboxylic acid groups (broad SMARTS) is 1. The molecule has 0 aliphatic carbocycles. The van der Waals surface area contributed by atoms with Gasteiger partial charge in [-0.1, -0.05) is 12.1 Å². The Kier molecular flexibility index (Phi) is 6.69. The summed E-state index contributed by atoms with van der Waals surface area (Å²) in [6.45, 7) is 0.114. The minimum absolute atomic E-state index is 0.0165. The van der Waals surface area contributed by atoms with Gasteiger partial charge < -0.3 is 15.7 Å². The number of anilines is 1. The number of ketones is 1. The van der Waals surface area contributed by atoms with Crippen molar-refractivity contribution >= 4 is 29.3 Å². The third-order valence-corrected chi connectivity index (χ3v) is 4.64. The summed E-state index contributed by atoms with van der Waals surface area (Å²) >= 11 is 0. The molecule has 0 saturated carbocycles. The minimum Gasteiger partial charge on any atom is -0.478 e. The van der Waals surface area contributed by atoms with Crippen molar-refractivity contribution in [1.29, 1.82) is 0 Å². The number of nitrogens with two attached hydrogens (primary N) is 1. The second-order valence-corrected chi connectivity index (χ2v) is 6.85. The summed E-state index contributed by atoms with van der Waals surface area (Å²) in [5, 5.41) is 9.02. The number of carbonyl (C=O) groups is 4. The lowest BCUT2D eigenvalue weighted by Crippen LogP contribution is -2.37. The van der Waals surface area contributed by atoms with E-state index in [9.17, 15) is 23.6 Å². The molecule has 3 N–H and O–H groups in total. The van der Waals surface area contributed by atoms with Crippen LogP contribution in [0.1, 0.15) is 43.1 Å². The van der Waals surface area contributed by atoms with Crippen LogP contribution in [-0.4, -0.2) is 33.7 Å². The number of benzene rings is 2. The summed E-state index contributed by atoms with van der Waals surface area (Å²) in [6, 6.07) is 13.0. The smallest absolute Gasteiger partial charge is 0.335 e. The molecule has 3 aromatic rings. The summed E-state index contributed by atoms with van der Waals surface area (Å²) < 4.78 is 13.3. The van der Waals surface area contributed by atoms with Gasteiger partial charge in [0.05, 0.1) is 24.2 Å². The first-order chi connectivity index (χ1) is 15.3. The van der Waals surface area contributed by atoms with Gasteiger partial charge in [0, 0.05) is 23.5 Å². The normalized spacial score (nSPS) is 12.5. The van der Waals surface area contributed by atoms with Crippen molar-refractivity contribution in [2.75, 3.05) is 4.90 Å². The number of pyridine rings is 1. The molecule has 32 heavy (non-hydrogen) atoms. The van der Waals surface area contributed by atoms with Gasteiger partial charge in [-0.05, 0) is 48.0 Å². The van der Waals surface area contributed by atoms with E-state index in [-0.39, 0.29) is 24.1 Å². The van der Waals surface area contributed by atoms with E-state index in [1.165, 1.54) is 47.6 Å². The fourth-order valence-electron chi connectivity index (χ4n) is 3.10. The summed E-state index contributed by atoms with van der Waals surface area (Å²) in [5.74, 6) is -2.78. The molecule has 2 heterocycles. The zero-order valence-corrected chi connectivity index (χ0v) is 16.7. The van der Waals surface area contributed by atoms with E-state index in [0.717, 1.165) is 0 Å². The van der Waals surface area contributed by atoms with Crippen molar-refractivity contribution in [3.8, 4) is 0 Å². The van der Waals surface area contributed by atoms with Gasteiger partial charge in [-0.3, -0.25) is 19.4 Å². The van der Waals surface area contributed by atoms with E-state index in [1.54, 1.807) is 24.3 Å². The Morgan fingerprint density at radius 2 is 1.75 bits per heavy atom. The molecule has 0 saturated heterocycles. The van der Waals surface area contributed by atoms with Crippen LogP contribution in [-0.2, 0) is 11.3 Å². The van der Waals surface area contributed by atoms with Gasteiger partial charge in [0.15, 0.2) is 5.78 Å². The van der Waals surface area contributed by atoms with Crippen molar-refractivity contribution in [2.24, 2.45) is 5.73 Å². The molecule has 4 rings (SSSR count). The first kappa shape index (κ1) is 22.3. The topological polar surface area (TPSA) is 131 Å². The molecule has 8 nitrogen and oxygen atoms in total. The van der Waals surface area contributed by atoms with E-state index in [1.807, 2.05) is 0 Å². The fourth-order valence-corrected chi connectivity index (χ4v) is 3.10. The predicted octanol–water partition coefficient (Wildman–Crippen LogP) is 2.82. The van der Waals surface area contributed by atoms with Gasteiger partial charge in [0.2, 0.25) is 11.8 Å². The van der Waals surface area contributed by atoms with E-state index in [0.29, 0.717) is 16.8 Å². The van der Waals surface area contributed by atoms with Crippen LogP contribution >= 0.6 is 0 Å². The highest BCUT2D eigenvalue weighted by Crippen LogP contribution is 2.30. The van der Waals surface area contributed by atoms with Gasteiger partial charge >= 0.3 is 5.97 Å². The predicted molar refractivity (Wildman–Crippen MR) is 113 cm³/mol. The van der Waals surface area contributed by atoms with Gasteiger partial charge in [-0.25, -0.2) is 9.18 Å². The molecule has 1 aliphatic rings. The van der Waals surface area contributed by atoms with Gasteiger partial charge in [0.1, 0.15) is 5.82 Å². The summed E-state index contributed by atoms with van der Waals surface area (Å²) in [7, 11) is 0. The lowest BCUT2D eigenvalue weighted by Gasteiger charge is -2.29. The molecule has 0 radical (unpaired) electrons. The molecule has 2 amide bonds. The highest BCUT2D eigenvalue weighted by atomic mass is 19.1. The Morgan fingerprint density at radius 3 is 2.34 bits per heavy atom. The number of carboxylic acids is 1. The second kappa shape index (κ2) is 9.61. The van der Waals surface area contributed by atoms with E-state index in [4.69, 9.17) is 10.8 Å². The van der Waals surface area contributed by atoms with Crippen molar-refractivity contribution in [2.45, 2.75) is 13.0 Å². The number of primary amides is 1. The number of carbonyl (C=O) groups excluding carboxylic acids is 3. The molecule has 0 atom stereocenters. The van der Waals surface area contributed by atoms with Crippen LogP contribution in [0, 0.1) is 5.82 Å². The largest absolute Gasteiger partial charge is 0.478 e. The Labute approximate surface area is 182 Å². The number of rotatable bonds is 4. The van der Waals surface area contributed by atoms with Crippen LogP contribution in [0.4, 0.5) is 10.1 Å². The Morgan fingerprint density at radius 1 is 1.03 bits per heavy atom. The maximum atomic E-state index is 13.3. The number of aromatic nitrogens is 1. The Bertz CT molecular complexity index is 1200. The average Bonchev–Trinajstić information content (AvgIpc) is 2.77. The van der Waals surface area contributed by atoms with Crippen LogP contribution in [0.5, 0.6) is 0 Å². The number of fused-ring (bicyclic) bond motifs is 1. The van der Waals surface area contributed by atoms with Crippen LogP contribution in [0.15, 0.2) is 67.0 Å². The van der Waals surface area contributed by atoms with E-state index < -0.39 is 29.4 Å². The van der Waals surface area contributed by atoms with E-state index >= 15 is 0 Å². The monoisotopic (exact) mass is 435 g/mol. The summed E-state index contributed by atoms with van der Waals surface area (Å²) in [6.07, 6.45) is 2.73. The highest BCUT2D eigenvalue weighted by molar-refractivity contribution is 6.20. The number of amides is 2. The van der Waals surface area contributed by atoms with Crippen molar-refractivity contribution in [3.63, 3.8) is 0 Å². The summed E-state index contributed by atoms with van der Waals surface area (Å²) in [5.41, 5.74) is 6.55. The van der Waals surface area contributed by atoms with Crippen molar-refractivity contribution < 1.29 is 28.7 Å². The number of hydrogen-bond acceptors (Lipinski definition) is 5. The first-order valence-electron chi connectivity index (χ1n) is 9.41. The third kappa shape index (κ3) is 5.20. The standard InChI is InChI=1S/C17H12FNO4.C6H6N2O/c18-12-3-1-2-10(6-12)9-19-14-5-4-11(17(22)23)7-13(14)15(20)8-16(19)21;7-6(9)5-1-3-8-4-2-5/h1-7H,8-9H2,(H,22,23);1-4H,(H2,7,9). The number of halogens is 1. The zero-order valence-electron chi connectivity index (χ0n) is 16.7. The average molecular weight is 435 g/mol. The Hall–Kier alpha value is -4.40. The van der Waals surface area contributed by atoms with Crippen molar-refractivity contribution in [3.05, 3.63) is 95.1 Å². The molecule has 0 bridgehead atoms. The SMILES string of the molecule is NC(=O)c1ccncc1.O=C(O)c1ccc2c(c1)C(=O)CC(=O)N2Cc1cccc(F)c1. The maximum absolute atomic E-state index is 13.3. The van der Waals surface area contributed by atoms with Crippen LogP contribution in [0.2, 0.25) is 0 Å². The fraction of sp³-hybridized carbons (Fsp3) is 0.0870. The van der Waals surface area contributed by atoms with Gasteiger partial charge in [0.25, 0.3) is 0 Å². The Balaban J connectivity index is 0.000000269. The molecule has 162 valence electrons. The van der Waals surface area contributed by atoms with E-state index in [2.05, 4.69) is 4.98 Å². The number of nitrogens with zero attached hydrogens (tertiary/aromatic N) is 2. The van der Waals surface area contributed by atoms with Crippen LogP contribution in [0.25, 0.3) is 0 Å². The molecule has 9 heteroatoms. The lowest BCUT2D eigenvalue weighted by molar-refractivity contribution is -0.118. The molecule has 1 aromatic heterocycles. The van der Waals surface area contributed by atoms with Gasteiger partial charge in [-0.15, -0.1) is 0 Å².